The number of rotatable bonds is 4. The van der Waals surface area contributed by atoms with Crippen LogP contribution in [0.15, 0.2) is 28.7 Å². The Bertz CT molecular complexity index is 456. The Morgan fingerprint density at radius 2 is 1.86 bits per heavy atom. The van der Waals surface area contributed by atoms with Gasteiger partial charge in [0, 0.05) is 15.9 Å². The van der Waals surface area contributed by atoms with Crippen LogP contribution in [0.1, 0.15) is 32.3 Å². The zero-order valence-electron chi connectivity index (χ0n) is 12.6. The molecule has 0 saturated carbocycles. The summed E-state index contributed by atoms with van der Waals surface area (Å²) in [6.07, 6.45) is 2.73. The number of nitrogens with one attached hydrogen (secondary N) is 2. The summed E-state index contributed by atoms with van der Waals surface area (Å²) < 4.78 is 1.08. The first-order valence-corrected chi connectivity index (χ1v) is 8.03. The quantitative estimate of drug-likeness (QED) is 0.847. The predicted molar refractivity (Wildman–Crippen MR) is 92.9 cm³/mol. The lowest BCUT2D eigenvalue weighted by atomic mass is 9.91. The predicted octanol–water partition coefficient (Wildman–Crippen LogP) is 3.31. The van der Waals surface area contributed by atoms with Crippen LogP contribution < -0.4 is 10.6 Å². The van der Waals surface area contributed by atoms with Crippen molar-refractivity contribution in [1.82, 2.24) is 10.6 Å². The van der Waals surface area contributed by atoms with E-state index in [4.69, 9.17) is 0 Å². The molecule has 118 valence electrons. The summed E-state index contributed by atoms with van der Waals surface area (Å²) in [6, 6.07) is 8.28. The van der Waals surface area contributed by atoms with Gasteiger partial charge in [-0.15, -0.1) is 12.4 Å². The van der Waals surface area contributed by atoms with Crippen molar-refractivity contribution in [3.63, 3.8) is 0 Å². The van der Waals surface area contributed by atoms with Crippen molar-refractivity contribution in [1.29, 1.82) is 0 Å². The zero-order chi connectivity index (χ0) is 14.6. The second kappa shape index (κ2) is 8.16. The number of carbonyl (C=O) groups is 1. The highest BCUT2D eigenvalue weighted by molar-refractivity contribution is 9.10. The van der Waals surface area contributed by atoms with Crippen molar-refractivity contribution in [3.05, 3.63) is 34.3 Å². The Kier molecular flexibility index (Phi) is 7.17. The molecule has 1 aromatic carbocycles. The normalized spacial score (nSPS) is 16.1. The molecule has 0 aliphatic carbocycles. The maximum Gasteiger partial charge on any atom is 0.223 e. The molecule has 1 amide bonds. The first-order chi connectivity index (χ1) is 9.46. The molecule has 1 aliphatic rings. The van der Waals surface area contributed by atoms with Crippen LogP contribution in [-0.4, -0.2) is 24.5 Å². The summed E-state index contributed by atoms with van der Waals surface area (Å²) in [7, 11) is 0. The summed E-state index contributed by atoms with van der Waals surface area (Å²) in [6.45, 7) is 6.08. The van der Waals surface area contributed by atoms with Gasteiger partial charge in [0.25, 0.3) is 0 Å². The number of hydrogen-bond acceptors (Lipinski definition) is 2. The third-order valence-corrected chi connectivity index (χ3v) is 4.26. The Morgan fingerprint density at radius 1 is 1.29 bits per heavy atom. The van der Waals surface area contributed by atoms with E-state index < -0.39 is 0 Å². The van der Waals surface area contributed by atoms with E-state index in [9.17, 15) is 4.79 Å². The molecule has 1 saturated heterocycles. The lowest BCUT2D eigenvalue weighted by Gasteiger charge is -2.30. The fraction of sp³-hybridized carbons (Fsp3) is 0.562. The van der Waals surface area contributed by atoms with Crippen LogP contribution in [-0.2, 0) is 11.2 Å². The van der Waals surface area contributed by atoms with Crippen LogP contribution in [0.3, 0.4) is 0 Å². The second-order valence-corrected chi connectivity index (χ2v) is 7.12. The standard InChI is InChI=1S/C16H23BrN2O.ClH/c1-16(2,11-12-3-5-14(17)6-4-12)19-15(20)13-7-9-18-10-8-13;/h3-6,13,18H,7-11H2,1-2H3,(H,19,20);1H. The van der Waals surface area contributed by atoms with Gasteiger partial charge in [-0.3, -0.25) is 4.79 Å². The minimum atomic E-state index is -0.213. The van der Waals surface area contributed by atoms with Crippen LogP contribution in [0.5, 0.6) is 0 Å². The van der Waals surface area contributed by atoms with Gasteiger partial charge in [-0.25, -0.2) is 0 Å². The van der Waals surface area contributed by atoms with Gasteiger partial charge in [-0.05, 0) is 63.9 Å². The van der Waals surface area contributed by atoms with Crippen LogP contribution in [0, 0.1) is 5.92 Å². The summed E-state index contributed by atoms with van der Waals surface area (Å²) in [5.74, 6) is 0.369. The van der Waals surface area contributed by atoms with Gasteiger partial charge >= 0.3 is 0 Å². The van der Waals surface area contributed by atoms with Gasteiger partial charge in [-0.1, -0.05) is 28.1 Å². The molecule has 5 heteroatoms. The monoisotopic (exact) mass is 374 g/mol. The van der Waals surface area contributed by atoms with Crippen molar-refractivity contribution in [2.24, 2.45) is 5.92 Å². The average molecular weight is 376 g/mol. The second-order valence-electron chi connectivity index (χ2n) is 6.20. The summed E-state index contributed by atoms with van der Waals surface area (Å²) >= 11 is 3.44. The number of carbonyl (C=O) groups excluding carboxylic acids is 1. The van der Waals surface area contributed by atoms with Gasteiger partial charge in [0.2, 0.25) is 5.91 Å². The van der Waals surface area contributed by atoms with Crippen LogP contribution in [0.25, 0.3) is 0 Å². The summed E-state index contributed by atoms with van der Waals surface area (Å²) in [5, 5.41) is 6.50. The lowest BCUT2D eigenvalue weighted by molar-refractivity contribution is -0.127. The highest BCUT2D eigenvalue weighted by Gasteiger charge is 2.27. The zero-order valence-corrected chi connectivity index (χ0v) is 15.0. The molecule has 2 rings (SSSR count). The van der Waals surface area contributed by atoms with Crippen molar-refractivity contribution >= 4 is 34.2 Å². The lowest BCUT2D eigenvalue weighted by Crippen LogP contribution is -2.49. The largest absolute Gasteiger partial charge is 0.351 e. The molecule has 2 N–H and O–H groups in total. The molecule has 0 bridgehead atoms. The Balaban J connectivity index is 0.00000220. The summed E-state index contributed by atoms with van der Waals surface area (Å²) in [4.78, 5) is 12.3. The number of amides is 1. The Morgan fingerprint density at radius 3 is 2.43 bits per heavy atom. The van der Waals surface area contributed by atoms with Crippen molar-refractivity contribution in [2.75, 3.05) is 13.1 Å². The average Bonchev–Trinajstić information content (AvgIpc) is 2.41. The molecule has 0 radical (unpaired) electrons. The maximum atomic E-state index is 12.3. The van der Waals surface area contributed by atoms with E-state index >= 15 is 0 Å². The van der Waals surface area contributed by atoms with E-state index in [0.29, 0.717) is 0 Å². The first-order valence-electron chi connectivity index (χ1n) is 7.23. The van der Waals surface area contributed by atoms with Gasteiger partial charge < -0.3 is 10.6 Å². The topological polar surface area (TPSA) is 41.1 Å². The molecule has 0 spiro atoms. The fourth-order valence-electron chi connectivity index (χ4n) is 2.68. The van der Waals surface area contributed by atoms with Crippen molar-refractivity contribution in [3.8, 4) is 0 Å². The number of hydrogen-bond donors (Lipinski definition) is 2. The molecular formula is C16H24BrClN2O. The number of piperidine rings is 1. The van der Waals surface area contributed by atoms with E-state index in [1.54, 1.807) is 0 Å². The third kappa shape index (κ3) is 5.97. The van der Waals surface area contributed by atoms with Gasteiger partial charge in [-0.2, -0.15) is 0 Å². The van der Waals surface area contributed by atoms with E-state index in [-0.39, 0.29) is 29.8 Å². The molecule has 1 aliphatic heterocycles. The molecule has 1 aromatic rings. The fourth-order valence-corrected chi connectivity index (χ4v) is 2.94. The molecule has 0 unspecified atom stereocenters. The van der Waals surface area contributed by atoms with Gasteiger partial charge in [0.1, 0.15) is 0 Å². The molecule has 0 atom stereocenters. The smallest absolute Gasteiger partial charge is 0.223 e. The van der Waals surface area contributed by atoms with E-state index in [2.05, 4.69) is 52.5 Å². The Hall–Kier alpha value is -0.580. The molecule has 1 heterocycles. The van der Waals surface area contributed by atoms with E-state index in [1.807, 2.05) is 12.1 Å². The maximum absolute atomic E-state index is 12.3. The van der Waals surface area contributed by atoms with E-state index in [1.165, 1.54) is 5.56 Å². The van der Waals surface area contributed by atoms with Gasteiger partial charge in [0.15, 0.2) is 0 Å². The molecule has 0 aromatic heterocycles. The van der Waals surface area contributed by atoms with Crippen molar-refractivity contribution in [2.45, 2.75) is 38.6 Å². The molecule has 1 fully saturated rings. The van der Waals surface area contributed by atoms with E-state index in [0.717, 1.165) is 36.8 Å². The van der Waals surface area contributed by atoms with Gasteiger partial charge in [0.05, 0.1) is 0 Å². The number of halogens is 2. The molecular weight excluding hydrogens is 352 g/mol. The van der Waals surface area contributed by atoms with Crippen LogP contribution >= 0.6 is 28.3 Å². The first kappa shape index (κ1) is 18.5. The number of benzene rings is 1. The SMILES string of the molecule is CC(C)(Cc1ccc(Br)cc1)NC(=O)C1CCNCC1.Cl. The Labute approximate surface area is 141 Å². The van der Waals surface area contributed by atoms with Crippen LogP contribution in [0.4, 0.5) is 0 Å². The van der Waals surface area contributed by atoms with Crippen LogP contribution in [0.2, 0.25) is 0 Å². The highest BCUT2D eigenvalue weighted by atomic mass is 79.9. The highest BCUT2D eigenvalue weighted by Crippen LogP contribution is 2.18. The minimum Gasteiger partial charge on any atom is -0.351 e. The minimum absolute atomic E-state index is 0. The molecule has 21 heavy (non-hydrogen) atoms. The van der Waals surface area contributed by atoms with Crippen molar-refractivity contribution < 1.29 is 4.79 Å². The third-order valence-electron chi connectivity index (χ3n) is 3.73. The summed E-state index contributed by atoms with van der Waals surface area (Å²) in [5.41, 5.74) is 1.03. The molecule has 3 nitrogen and oxygen atoms in total.